The molecule has 0 spiro atoms. The lowest BCUT2D eigenvalue weighted by atomic mass is 10.3. The highest BCUT2D eigenvalue weighted by Gasteiger charge is 2.23. The maximum Gasteiger partial charge on any atom is 0.406 e. The largest absolute Gasteiger partial charge is 0.492 e. The lowest BCUT2D eigenvalue weighted by Gasteiger charge is -2.34. The van der Waals surface area contributed by atoms with Crippen LogP contribution in [0.2, 0.25) is 0 Å². The van der Waals surface area contributed by atoms with Crippen molar-refractivity contribution in [2.24, 2.45) is 0 Å². The number of carbonyl (C=O) groups excluding carboxylic acids is 1. The zero-order valence-corrected chi connectivity index (χ0v) is 15.4. The van der Waals surface area contributed by atoms with Gasteiger partial charge in [0.25, 0.3) is 5.91 Å². The lowest BCUT2D eigenvalue weighted by molar-refractivity contribution is -0.390. The quantitative estimate of drug-likeness (QED) is 0.502. The third kappa shape index (κ3) is 5.40. The first-order valence-corrected chi connectivity index (χ1v) is 9.03. The Balaban J connectivity index is 1.38. The smallest absolute Gasteiger partial charge is 0.406 e. The zero-order chi connectivity index (χ0) is 19.8. The summed E-state index contributed by atoms with van der Waals surface area (Å²) >= 11 is 0. The molecule has 0 atom stereocenters. The van der Waals surface area contributed by atoms with Gasteiger partial charge in [0.1, 0.15) is 18.6 Å². The van der Waals surface area contributed by atoms with Crippen molar-refractivity contribution >= 4 is 11.7 Å². The fourth-order valence-corrected chi connectivity index (χ4v) is 2.89. The van der Waals surface area contributed by atoms with Crippen LogP contribution in [0.25, 0.3) is 0 Å². The second-order valence-electron chi connectivity index (χ2n) is 6.25. The molecule has 1 fully saturated rings. The number of amides is 1. The molecule has 0 bridgehead atoms. The second kappa shape index (κ2) is 9.65. The minimum Gasteiger partial charge on any atom is -0.492 e. The normalized spacial score (nSPS) is 14.5. The standard InChI is InChI=1S/C19H22N4O5/c24-18(15-28-17-7-4-8-20-19(17)23(25)26)22-11-9-21(10-12-22)13-14-27-16-5-2-1-3-6-16/h1-8H,9-15H2. The number of para-hydroxylation sites is 1. The Kier molecular flexibility index (Phi) is 6.74. The van der Waals surface area contributed by atoms with Crippen LogP contribution in [0.5, 0.6) is 11.5 Å². The summed E-state index contributed by atoms with van der Waals surface area (Å²) in [5.41, 5.74) is 0. The van der Waals surface area contributed by atoms with Gasteiger partial charge in [0, 0.05) is 32.7 Å². The third-order valence-electron chi connectivity index (χ3n) is 4.42. The summed E-state index contributed by atoms with van der Waals surface area (Å²) in [5, 5.41) is 10.9. The predicted octanol–water partition coefficient (Wildman–Crippen LogP) is 1.59. The van der Waals surface area contributed by atoms with Crippen LogP contribution >= 0.6 is 0 Å². The molecule has 28 heavy (non-hydrogen) atoms. The van der Waals surface area contributed by atoms with Crippen LogP contribution in [-0.2, 0) is 4.79 Å². The minimum absolute atomic E-state index is 0.00227. The van der Waals surface area contributed by atoms with Gasteiger partial charge in [-0.2, -0.15) is 0 Å². The van der Waals surface area contributed by atoms with Crippen LogP contribution in [0.15, 0.2) is 48.7 Å². The summed E-state index contributed by atoms with van der Waals surface area (Å²) < 4.78 is 11.0. The number of carbonyl (C=O) groups is 1. The molecule has 0 saturated carbocycles. The fraction of sp³-hybridized carbons (Fsp3) is 0.368. The average molecular weight is 386 g/mol. The van der Waals surface area contributed by atoms with E-state index < -0.39 is 10.7 Å². The van der Waals surface area contributed by atoms with Gasteiger partial charge in [0.15, 0.2) is 6.61 Å². The zero-order valence-electron chi connectivity index (χ0n) is 15.4. The van der Waals surface area contributed by atoms with E-state index >= 15 is 0 Å². The van der Waals surface area contributed by atoms with Crippen LogP contribution in [-0.4, -0.2) is 71.6 Å². The van der Waals surface area contributed by atoms with Gasteiger partial charge in [0.2, 0.25) is 5.75 Å². The topological polar surface area (TPSA) is 98.0 Å². The molecule has 1 aromatic heterocycles. The molecule has 0 unspecified atom stereocenters. The Morgan fingerprint density at radius 1 is 1.07 bits per heavy atom. The maximum absolute atomic E-state index is 12.3. The van der Waals surface area contributed by atoms with E-state index in [1.54, 1.807) is 4.90 Å². The Labute approximate surface area is 162 Å². The summed E-state index contributed by atoms with van der Waals surface area (Å²) in [5.74, 6) is 0.257. The SMILES string of the molecule is O=C(COc1cccnc1[N+](=O)[O-])N1CCN(CCOc2ccccc2)CC1. The molecular formula is C19H22N4O5. The molecule has 0 radical (unpaired) electrons. The molecule has 1 aliphatic rings. The van der Waals surface area contributed by atoms with Crippen molar-refractivity contribution in [1.29, 1.82) is 0 Å². The predicted molar refractivity (Wildman–Crippen MR) is 101 cm³/mol. The van der Waals surface area contributed by atoms with Gasteiger partial charge in [-0.15, -0.1) is 0 Å². The van der Waals surface area contributed by atoms with Crippen molar-refractivity contribution in [3.63, 3.8) is 0 Å². The van der Waals surface area contributed by atoms with Gasteiger partial charge in [-0.25, -0.2) is 0 Å². The molecule has 148 valence electrons. The van der Waals surface area contributed by atoms with E-state index in [-0.39, 0.29) is 18.3 Å². The van der Waals surface area contributed by atoms with E-state index in [4.69, 9.17) is 9.47 Å². The van der Waals surface area contributed by atoms with Gasteiger partial charge in [-0.3, -0.25) is 9.69 Å². The van der Waals surface area contributed by atoms with Crippen LogP contribution in [0, 0.1) is 10.1 Å². The van der Waals surface area contributed by atoms with Gasteiger partial charge >= 0.3 is 5.82 Å². The molecule has 3 rings (SSSR count). The van der Waals surface area contributed by atoms with Crippen LogP contribution < -0.4 is 9.47 Å². The molecule has 0 aliphatic carbocycles. The van der Waals surface area contributed by atoms with E-state index in [0.717, 1.165) is 25.4 Å². The Hall–Kier alpha value is -3.20. The van der Waals surface area contributed by atoms with E-state index in [1.165, 1.54) is 18.3 Å². The first-order chi connectivity index (χ1) is 13.6. The number of hydrogen-bond acceptors (Lipinski definition) is 7. The average Bonchev–Trinajstić information content (AvgIpc) is 2.73. The number of aromatic nitrogens is 1. The summed E-state index contributed by atoms with van der Waals surface area (Å²) in [6, 6.07) is 12.6. The number of pyridine rings is 1. The highest BCUT2D eigenvalue weighted by Crippen LogP contribution is 2.22. The molecule has 1 saturated heterocycles. The van der Waals surface area contributed by atoms with E-state index in [0.29, 0.717) is 19.7 Å². The van der Waals surface area contributed by atoms with Gasteiger partial charge in [-0.05, 0) is 34.2 Å². The van der Waals surface area contributed by atoms with E-state index in [2.05, 4.69) is 9.88 Å². The van der Waals surface area contributed by atoms with Crippen molar-refractivity contribution in [3.05, 3.63) is 58.8 Å². The van der Waals surface area contributed by atoms with Gasteiger partial charge in [-0.1, -0.05) is 18.2 Å². The number of benzene rings is 1. The molecule has 1 aromatic carbocycles. The molecule has 9 nitrogen and oxygen atoms in total. The van der Waals surface area contributed by atoms with E-state index in [1.807, 2.05) is 30.3 Å². The number of nitro groups is 1. The molecule has 1 aliphatic heterocycles. The lowest BCUT2D eigenvalue weighted by Crippen LogP contribution is -2.50. The maximum atomic E-state index is 12.3. The molecule has 2 aromatic rings. The Bertz CT molecular complexity index is 794. The summed E-state index contributed by atoms with van der Waals surface area (Å²) in [6.07, 6.45) is 1.31. The van der Waals surface area contributed by atoms with Crippen LogP contribution in [0.4, 0.5) is 5.82 Å². The van der Waals surface area contributed by atoms with Crippen molar-refractivity contribution in [2.45, 2.75) is 0 Å². The van der Waals surface area contributed by atoms with Gasteiger partial charge < -0.3 is 24.5 Å². The Morgan fingerprint density at radius 3 is 2.54 bits per heavy atom. The number of rotatable bonds is 8. The van der Waals surface area contributed by atoms with Crippen molar-refractivity contribution in [2.75, 3.05) is 45.9 Å². The molecule has 1 amide bonds. The molecule has 0 N–H and O–H groups in total. The van der Waals surface area contributed by atoms with Crippen LogP contribution in [0.1, 0.15) is 0 Å². The van der Waals surface area contributed by atoms with E-state index in [9.17, 15) is 14.9 Å². The first-order valence-electron chi connectivity index (χ1n) is 9.03. The van der Waals surface area contributed by atoms with Crippen molar-refractivity contribution < 1.29 is 19.2 Å². The summed E-state index contributed by atoms with van der Waals surface area (Å²) in [7, 11) is 0. The fourth-order valence-electron chi connectivity index (χ4n) is 2.89. The third-order valence-corrected chi connectivity index (χ3v) is 4.42. The number of ether oxygens (including phenoxy) is 2. The molecule has 9 heteroatoms. The van der Waals surface area contributed by atoms with Crippen molar-refractivity contribution in [1.82, 2.24) is 14.8 Å². The highest BCUT2D eigenvalue weighted by atomic mass is 16.6. The highest BCUT2D eigenvalue weighted by molar-refractivity contribution is 5.78. The first kappa shape index (κ1) is 19.6. The summed E-state index contributed by atoms with van der Waals surface area (Å²) in [4.78, 5) is 30.2. The summed E-state index contributed by atoms with van der Waals surface area (Å²) in [6.45, 7) is 3.80. The van der Waals surface area contributed by atoms with Crippen LogP contribution in [0.3, 0.4) is 0 Å². The molecule has 2 heterocycles. The number of piperazine rings is 1. The molecular weight excluding hydrogens is 364 g/mol. The Morgan fingerprint density at radius 2 is 1.82 bits per heavy atom. The minimum atomic E-state index is -0.629. The van der Waals surface area contributed by atoms with Gasteiger partial charge in [0.05, 0.1) is 0 Å². The second-order valence-corrected chi connectivity index (χ2v) is 6.25. The number of hydrogen-bond donors (Lipinski definition) is 0. The van der Waals surface area contributed by atoms with Crippen molar-refractivity contribution in [3.8, 4) is 11.5 Å². The monoisotopic (exact) mass is 386 g/mol. The number of nitrogens with zero attached hydrogens (tertiary/aromatic N) is 4.